The second-order valence-corrected chi connectivity index (χ2v) is 17.1. The summed E-state index contributed by atoms with van der Waals surface area (Å²) in [6.07, 6.45) is 13.7. The number of rotatable bonds is 10. The van der Waals surface area contributed by atoms with Crippen LogP contribution in [0.4, 0.5) is 13.2 Å². The van der Waals surface area contributed by atoms with Crippen LogP contribution in [0, 0.1) is 23.4 Å². The normalized spacial score (nSPS) is 27.3. The molecule has 0 N–H and O–H groups in total. The molecule has 1 aromatic rings. The Labute approximate surface area is 185 Å². The number of unbranched alkanes of at least 4 members (excludes halogenated alkanes) is 3. The molecule has 2 heterocycles. The Morgan fingerprint density at radius 2 is 1.30 bits per heavy atom. The first-order chi connectivity index (χ1) is 14.6. The summed E-state index contributed by atoms with van der Waals surface area (Å²) in [6.45, 7) is 2.31. The molecule has 0 aliphatic carbocycles. The molecule has 0 atom stereocenters. The molecule has 2 aliphatic heterocycles. The Bertz CT molecular complexity index is 612. The molecule has 0 saturated carbocycles. The summed E-state index contributed by atoms with van der Waals surface area (Å²) >= 11 is 0. The molecule has 1 aromatic carbocycles. The summed E-state index contributed by atoms with van der Waals surface area (Å²) in [7, 11) is -1.04. The van der Waals surface area contributed by atoms with Gasteiger partial charge in [0.2, 0.25) is 0 Å². The maximum atomic E-state index is 13.5. The van der Waals surface area contributed by atoms with E-state index in [2.05, 4.69) is 6.92 Å². The summed E-state index contributed by atoms with van der Waals surface area (Å²) in [4.78, 5) is 0. The van der Waals surface area contributed by atoms with Gasteiger partial charge in [-0.15, -0.1) is 0 Å². The molecule has 2 saturated heterocycles. The van der Waals surface area contributed by atoms with E-state index in [4.69, 9.17) is 0 Å². The van der Waals surface area contributed by atoms with Crippen molar-refractivity contribution < 1.29 is 13.2 Å². The van der Waals surface area contributed by atoms with Gasteiger partial charge in [-0.05, 0) is 42.4 Å². The van der Waals surface area contributed by atoms with Gasteiger partial charge in [-0.1, -0.05) is 94.6 Å². The van der Waals surface area contributed by atoms with Crippen LogP contribution in [-0.2, 0) is 0 Å². The molecule has 0 spiro atoms. The summed E-state index contributed by atoms with van der Waals surface area (Å²) in [5.74, 6) is -2.19. The third-order valence-corrected chi connectivity index (χ3v) is 15.0. The Morgan fingerprint density at radius 1 is 0.767 bits per heavy atom. The second-order valence-electron chi connectivity index (χ2n) is 10.2. The molecule has 2 aliphatic rings. The van der Waals surface area contributed by atoms with Crippen LogP contribution < -0.4 is 0 Å². The molecular formula is C25H41F3Si2. The van der Waals surface area contributed by atoms with Crippen LogP contribution >= 0.6 is 0 Å². The maximum absolute atomic E-state index is 13.5. The van der Waals surface area contributed by atoms with E-state index in [0.717, 1.165) is 18.8 Å². The van der Waals surface area contributed by atoms with Gasteiger partial charge in [-0.25, -0.2) is 13.2 Å². The number of halogens is 3. The maximum Gasteiger partial charge on any atom is 0.194 e. The smallest absolute Gasteiger partial charge is 0.194 e. The molecule has 30 heavy (non-hydrogen) atoms. The lowest BCUT2D eigenvalue weighted by Gasteiger charge is -2.29. The molecule has 2 fully saturated rings. The van der Waals surface area contributed by atoms with Crippen LogP contribution in [0.3, 0.4) is 0 Å². The van der Waals surface area contributed by atoms with E-state index in [1.165, 1.54) is 81.6 Å². The van der Waals surface area contributed by atoms with Gasteiger partial charge in [0.1, 0.15) is 0 Å². The van der Waals surface area contributed by atoms with Crippen LogP contribution in [0.2, 0.25) is 36.3 Å². The largest absolute Gasteiger partial charge is 0.204 e. The van der Waals surface area contributed by atoms with Gasteiger partial charge in [0.05, 0.1) is 0 Å². The topological polar surface area (TPSA) is 0 Å². The Kier molecular flexibility index (Phi) is 10.0. The van der Waals surface area contributed by atoms with Crippen molar-refractivity contribution in [2.75, 3.05) is 0 Å². The Hall–Kier alpha value is -0.556. The van der Waals surface area contributed by atoms with E-state index in [0.29, 0.717) is 5.56 Å². The highest BCUT2D eigenvalue weighted by Crippen LogP contribution is 2.37. The standard InChI is InChI=1S/C25H41F3Si2/c1-2-3-5-12-29-14-8-20(9-15-29)7-4-6-13-30-16-10-21(11-17-30)22-18-23(26)25(28)24(27)19-22/h18-21,29-30H,2-17H2,1H3. The fourth-order valence-corrected chi connectivity index (χ4v) is 13.1. The first kappa shape index (κ1) is 24.1. The molecule has 0 radical (unpaired) electrons. The zero-order chi connectivity index (χ0) is 21.3. The van der Waals surface area contributed by atoms with E-state index in [1.54, 1.807) is 18.1 Å². The minimum Gasteiger partial charge on any atom is -0.204 e. The van der Waals surface area contributed by atoms with Gasteiger partial charge in [0.15, 0.2) is 17.5 Å². The summed E-state index contributed by atoms with van der Waals surface area (Å²) in [5, 5.41) is 0. The highest BCUT2D eigenvalue weighted by molar-refractivity contribution is 6.59. The number of hydrogen-bond acceptors (Lipinski definition) is 0. The van der Waals surface area contributed by atoms with Crippen molar-refractivity contribution in [2.24, 2.45) is 5.92 Å². The fraction of sp³-hybridized carbons (Fsp3) is 0.760. The van der Waals surface area contributed by atoms with Crippen molar-refractivity contribution in [3.05, 3.63) is 35.1 Å². The SMILES string of the molecule is CCCCC[SiH]1CCC(CCCC[SiH]2CCC(c3cc(F)c(F)c(F)c3)CC2)CC1. The lowest BCUT2D eigenvalue weighted by molar-refractivity contribution is 0.420. The fourth-order valence-electron chi connectivity index (χ4n) is 5.95. The molecule has 0 bridgehead atoms. The van der Waals surface area contributed by atoms with Crippen LogP contribution in [0.5, 0.6) is 0 Å². The highest BCUT2D eigenvalue weighted by Gasteiger charge is 2.25. The Morgan fingerprint density at radius 3 is 1.87 bits per heavy atom. The van der Waals surface area contributed by atoms with E-state index in [-0.39, 0.29) is 14.7 Å². The average Bonchev–Trinajstić information content (AvgIpc) is 2.76. The van der Waals surface area contributed by atoms with Crippen LogP contribution in [0.25, 0.3) is 0 Å². The molecular weight excluding hydrogens is 413 g/mol. The first-order valence-corrected chi connectivity index (χ1v) is 17.6. The third kappa shape index (κ3) is 7.25. The van der Waals surface area contributed by atoms with Crippen molar-refractivity contribution in [3.63, 3.8) is 0 Å². The lowest BCUT2D eigenvalue weighted by atomic mass is 9.93. The van der Waals surface area contributed by atoms with Gasteiger partial charge in [-0.2, -0.15) is 0 Å². The van der Waals surface area contributed by atoms with E-state index in [1.807, 2.05) is 0 Å². The quantitative estimate of drug-likeness (QED) is 0.190. The molecule has 0 unspecified atom stereocenters. The predicted octanol–water partition coefficient (Wildman–Crippen LogP) is 8.21. The zero-order valence-electron chi connectivity index (χ0n) is 18.9. The third-order valence-electron chi connectivity index (χ3n) is 7.98. The van der Waals surface area contributed by atoms with Crippen molar-refractivity contribution in [1.29, 1.82) is 0 Å². The summed E-state index contributed by atoms with van der Waals surface area (Å²) in [5.41, 5.74) is 0.660. The Balaban J connectivity index is 1.27. The van der Waals surface area contributed by atoms with Gasteiger partial charge in [-0.3, -0.25) is 0 Å². The number of benzene rings is 1. The van der Waals surface area contributed by atoms with Crippen molar-refractivity contribution in [3.8, 4) is 0 Å². The predicted molar refractivity (Wildman–Crippen MR) is 128 cm³/mol. The zero-order valence-corrected chi connectivity index (χ0v) is 21.2. The average molecular weight is 455 g/mol. The lowest BCUT2D eigenvalue weighted by Crippen LogP contribution is -2.22. The minimum absolute atomic E-state index is 0.218. The van der Waals surface area contributed by atoms with Crippen molar-refractivity contribution >= 4 is 17.6 Å². The van der Waals surface area contributed by atoms with E-state index < -0.39 is 26.2 Å². The van der Waals surface area contributed by atoms with Crippen molar-refractivity contribution in [2.45, 2.75) is 113 Å². The monoisotopic (exact) mass is 454 g/mol. The molecule has 170 valence electrons. The van der Waals surface area contributed by atoms with Crippen LogP contribution in [-0.4, -0.2) is 17.6 Å². The van der Waals surface area contributed by atoms with Gasteiger partial charge < -0.3 is 0 Å². The second kappa shape index (κ2) is 12.5. The molecule has 0 nitrogen and oxygen atoms in total. The number of hydrogen-bond donors (Lipinski definition) is 0. The molecule has 3 rings (SSSR count). The minimum atomic E-state index is -1.34. The molecule has 0 amide bonds. The summed E-state index contributed by atoms with van der Waals surface area (Å²) < 4.78 is 40.2. The summed E-state index contributed by atoms with van der Waals surface area (Å²) in [6, 6.07) is 11.2. The van der Waals surface area contributed by atoms with Crippen LogP contribution in [0.15, 0.2) is 12.1 Å². The van der Waals surface area contributed by atoms with Gasteiger partial charge in [0.25, 0.3) is 0 Å². The van der Waals surface area contributed by atoms with Gasteiger partial charge in [0, 0.05) is 17.6 Å². The molecule has 5 heteroatoms. The van der Waals surface area contributed by atoms with Crippen molar-refractivity contribution in [1.82, 2.24) is 0 Å². The molecule has 0 aromatic heterocycles. The first-order valence-electron chi connectivity index (χ1n) is 12.7. The van der Waals surface area contributed by atoms with Crippen LogP contribution in [0.1, 0.15) is 82.6 Å². The highest BCUT2D eigenvalue weighted by atomic mass is 28.3. The van der Waals surface area contributed by atoms with E-state index >= 15 is 0 Å². The van der Waals surface area contributed by atoms with E-state index in [9.17, 15) is 13.2 Å². The van der Waals surface area contributed by atoms with Gasteiger partial charge >= 0.3 is 0 Å².